The minimum atomic E-state index is 0.0219. The van der Waals surface area contributed by atoms with Crippen molar-refractivity contribution in [3.63, 3.8) is 0 Å². The first-order valence-corrected chi connectivity index (χ1v) is 9.23. The number of amides is 1. The number of rotatable bonds is 5. The number of nitrogens with one attached hydrogen (secondary N) is 2. The number of nitrogens with zero attached hydrogens (tertiary/aromatic N) is 1. The summed E-state index contributed by atoms with van der Waals surface area (Å²) in [5, 5.41) is 3.53. The molecule has 0 radical (unpaired) electrons. The number of ether oxygens (including phenoxy) is 1. The van der Waals surface area contributed by atoms with E-state index in [0.717, 1.165) is 28.0 Å². The maximum Gasteiger partial charge on any atom is 0.224 e. The Hall–Kier alpha value is -2.80. The number of benzene rings is 2. The maximum absolute atomic E-state index is 12.5. The van der Waals surface area contributed by atoms with Gasteiger partial charge in [0, 0.05) is 23.7 Å². The van der Waals surface area contributed by atoms with Gasteiger partial charge in [0.05, 0.1) is 23.9 Å². The van der Waals surface area contributed by atoms with Crippen LogP contribution in [-0.4, -0.2) is 34.5 Å². The molecular formula is C19H17N3O3S. The molecule has 6 nitrogen and oxygen atoms in total. The van der Waals surface area contributed by atoms with Crippen LogP contribution in [0.1, 0.15) is 22.3 Å². The quantitative estimate of drug-likeness (QED) is 0.533. The van der Waals surface area contributed by atoms with Crippen molar-refractivity contribution in [3.05, 3.63) is 47.5 Å². The van der Waals surface area contributed by atoms with E-state index in [2.05, 4.69) is 15.3 Å². The summed E-state index contributed by atoms with van der Waals surface area (Å²) >= 11 is 1.37. The van der Waals surface area contributed by atoms with Crippen LogP contribution in [0, 0.1) is 0 Å². The van der Waals surface area contributed by atoms with Crippen molar-refractivity contribution >= 4 is 40.2 Å². The molecule has 0 aliphatic carbocycles. The van der Waals surface area contributed by atoms with Crippen molar-refractivity contribution in [2.45, 2.75) is 18.0 Å². The zero-order chi connectivity index (χ0) is 18.1. The van der Waals surface area contributed by atoms with E-state index in [0.29, 0.717) is 29.3 Å². The van der Waals surface area contributed by atoms with Crippen LogP contribution in [0.4, 0.5) is 5.69 Å². The fraction of sp³-hybridized carbons (Fsp3) is 0.211. The summed E-state index contributed by atoms with van der Waals surface area (Å²) in [6.45, 7) is 0. The molecule has 2 heterocycles. The second kappa shape index (κ2) is 6.84. The van der Waals surface area contributed by atoms with Crippen LogP contribution in [-0.2, 0) is 11.2 Å². The molecule has 2 aromatic carbocycles. The average molecular weight is 367 g/mol. The first-order chi connectivity index (χ1) is 12.6. The van der Waals surface area contributed by atoms with Gasteiger partial charge in [-0.2, -0.15) is 0 Å². The molecule has 0 saturated heterocycles. The lowest BCUT2D eigenvalue weighted by Gasteiger charge is -2.17. The summed E-state index contributed by atoms with van der Waals surface area (Å²) in [6.07, 6.45) is 1.13. The van der Waals surface area contributed by atoms with Crippen LogP contribution in [0.2, 0.25) is 0 Å². The molecule has 2 N–H and O–H groups in total. The summed E-state index contributed by atoms with van der Waals surface area (Å²) in [5.41, 5.74) is 4.19. The van der Waals surface area contributed by atoms with E-state index in [9.17, 15) is 9.59 Å². The van der Waals surface area contributed by atoms with Gasteiger partial charge in [0.15, 0.2) is 10.9 Å². The summed E-state index contributed by atoms with van der Waals surface area (Å²) in [4.78, 5) is 31.6. The molecule has 26 heavy (non-hydrogen) atoms. The van der Waals surface area contributed by atoms with Gasteiger partial charge in [0.2, 0.25) is 5.91 Å². The first-order valence-electron chi connectivity index (χ1n) is 8.25. The van der Waals surface area contributed by atoms with E-state index in [1.54, 1.807) is 19.2 Å². The fourth-order valence-electron chi connectivity index (χ4n) is 2.93. The Kier molecular flexibility index (Phi) is 4.38. The minimum Gasteiger partial charge on any atom is -0.497 e. The molecule has 3 aromatic rings. The van der Waals surface area contributed by atoms with Gasteiger partial charge < -0.3 is 15.0 Å². The summed E-state index contributed by atoms with van der Waals surface area (Å²) in [5.74, 6) is 1.11. The molecule has 0 bridgehead atoms. The Balaban J connectivity index is 1.46. The number of imidazole rings is 1. The van der Waals surface area contributed by atoms with Crippen molar-refractivity contribution in [1.29, 1.82) is 0 Å². The van der Waals surface area contributed by atoms with Crippen LogP contribution in [0.5, 0.6) is 5.75 Å². The first kappa shape index (κ1) is 16.7. The van der Waals surface area contributed by atoms with Gasteiger partial charge in [-0.25, -0.2) is 4.98 Å². The standard InChI is InChI=1S/C19H17N3O3S/c1-25-13-4-6-15-16(9-13)22-19(21-15)26-10-17(23)12-2-5-14-11(8-12)3-7-18(24)20-14/h2,4-6,8-9H,3,7,10H2,1H3,(H,20,24)(H,21,22). The Labute approximate surface area is 154 Å². The highest BCUT2D eigenvalue weighted by Crippen LogP contribution is 2.26. The molecule has 132 valence electrons. The van der Waals surface area contributed by atoms with Gasteiger partial charge in [0.1, 0.15) is 5.75 Å². The third kappa shape index (κ3) is 3.30. The molecule has 0 spiro atoms. The fourth-order valence-corrected chi connectivity index (χ4v) is 3.71. The molecule has 0 fully saturated rings. The Morgan fingerprint density at radius 3 is 2.96 bits per heavy atom. The van der Waals surface area contributed by atoms with Crippen LogP contribution < -0.4 is 10.1 Å². The van der Waals surface area contributed by atoms with E-state index in [-0.39, 0.29) is 11.7 Å². The Morgan fingerprint density at radius 1 is 1.23 bits per heavy atom. The minimum absolute atomic E-state index is 0.0219. The van der Waals surface area contributed by atoms with E-state index in [1.807, 2.05) is 24.3 Å². The largest absolute Gasteiger partial charge is 0.497 e. The van der Waals surface area contributed by atoms with Gasteiger partial charge in [-0.3, -0.25) is 9.59 Å². The average Bonchev–Trinajstić information content (AvgIpc) is 3.07. The van der Waals surface area contributed by atoms with Crippen LogP contribution in [0.3, 0.4) is 0 Å². The van der Waals surface area contributed by atoms with Crippen molar-refractivity contribution < 1.29 is 14.3 Å². The highest BCUT2D eigenvalue weighted by Gasteiger charge is 2.17. The smallest absolute Gasteiger partial charge is 0.224 e. The number of aromatic amines is 1. The topological polar surface area (TPSA) is 84.1 Å². The van der Waals surface area contributed by atoms with Gasteiger partial charge in [-0.1, -0.05) is 11.8 Å². The van der Waals surface area contributed by atoms with Crippen LogP contribution in [0.25, 0.3) is 11.0 Å². The number of thioether (sulfide) groups is 1. The Bertz CT molecular complexity index is 1010. The lowest BCUT2D eigenvalue weighted by molar-refractivity contribution is -0.116. The number of fused-ring (bicyclic) bond motifs is 2. The molecule has 1 aromatic heterocycles. The summed E-state index contributed by atoms with van der Waals surface area (Å²) < 4.78 is 5.20. The number of H-pyrrole nitrogens is 1. The number of aromatic nitrogens is 2. The molecule has 4 rings (SSSR count). The number of methoxy groups -OCH3 is 1. The molecule has 0 unspecified atom stereocenters. The van der Waals surface area contributed by atoms with Gasteiger partial charge in [0.25, 0.3) is 0 Å². The van der Waals surface area contributed by atoms with Crippen LogP contribution in [0.15, 0.2) is 41.6 Å². The summed E-state index contributed by atoms with van der Waals surface area (Å²) in [7, 11) is 1.62. The lowest BCUT2D eigenvalue weighted by Crippen LogP contribution is -2.19. The highest BCUT2D eigenvalue weighted by molar-refractivity contribution is 7.99. The molecule has 1 amide bonds. The molecular weight excluding hydrogens is 350 g/mol. The molecule has 7 heteroatoms. The van der Waals surface area contributed by atoms with E-state index < -0.39 is 0 Å². The van der Waals surface area contributed by atoms with Gasteiger partial charge in [-0.05, 0) is 42.3 Å². The number of hydrogen-bond acceptors (Lipinski definition) is 5. The number of carbonyl (C=O) groups is 2. The number of hydrogen-bond donors (Lipinski definition) is 2. The molecule has 0 saturated carbocycles. The van der Waals surface area contributed by atoms with E-state index in [4.69, 9.17) is 4.74 Å². The Morgan fingerprint density at radius 2 is 2.12 bits per heavy atom. The zero-order valence-electron chi connectivity index (χ0n) is 14.2. The monoisotopic (exact) mass is 367 g/mol. The van der Waals surface area contributed by atoms with Gasteiger partial charge >= 0.3 is 0 Å². The molecule has 1 aliphatic rings. The predicted octanol–water partition coefficient (Wildman–Crippen LogP) is 3.43. The van der Waals surface area contributed by atoms with E-state index in [1.165, 1.54) is 11.8 Å². The lowest BCUT2D eigenvalue weighted by atomic mass is 9.99. The summed E-state index contributed by atoms with van der Waals surface area (Å²) in [6, 6.07) is 11.1. The third-order valence-corrected chi connectivity index (χ3v) is 5.20. The van der Waals surface area contributed by atoms with Crippen molar-refractivity contribution in [2.24, 2.45) is 0 Å². The third-order valence-electron chi connectivity index (χ3n) is 4.33. The predicted molar refractivity (Wildman–Crippen MR) is 101 cm³/mol. The maximum atomic E-state index is 12.5. The van der Waals surface area contributed by atoms with Crippen LogP contribution >= 0.6 is 11.8 Å². The van der Waals surface area contributed by atoms with Crippen molar-refractivity contribution in [1.82, 2.24) is 9.97 Å². The zero-order valence-corrected chi connectivity index (χ0v) is 15.0. The number of Topliss-reactive ketones (excluding diaryl/α,β-unsaturated/α-hetero) is 1. The number of ketones is 1. The normalized spacial score (nSPS) is 13.3. The molecule has 1 aliphatic heterocycles. The van der Waals surface area contributed by atoms with Crippen molar-refractivity contribution in [3.8, 4) is 5.75 Å². The number of aryl methyl sites for hydroxylation is 1. The second-order valence-electron chi connectivity index (χ2n) is 6.06. The van der Waals surface area contributed by atoms with Crippen molar-refractivity contribution in [2.75, 3.05) is 18.2 Å². The number of carbonyl (C=O) groups excluding carboxylic acids is 2. The highest BCUT2D eigenvalue weighted by atomic mass is 32.2. The van der Waals surface area contributed by atoms with Gasteiger partial charge in [-0.15, -0.1) is 0 Å². The number of anilines is 1. The second-order valence-corrected chi connectivity index (χ2v) is 7.02. The SMILES string of the molecule is COc1ccc2nc(SCC(=O)c3ccc4c(c3)CCC(=O)N4)[nH]c2c1. The van der Waals surface area contributed by atoms with E-state index >= 15 is 0 Å². The molecule has 0 atom stereocenters.